The number of aromatic carboxylic acids is 1. The third-order valence-electron chi connectivity index (χ3n) is 2.59. The number of carboxylic acids is 1. The van der Waals surface area contributed by atoms with Gasteiger partial charge in [0, 0.05) is 23.9 Å². The van der Waals surface area contributed by atoms with Crippen LogP contribution in [0.5, 0.6) is 0 Å². The molecule has 0 heterocycles. The van der Waals surface area contributed by atoms with E-state index in [9.17, 15) is 13.2 Å². The number of hydrogen-bond donors (Lipinski definition) is 1. The van der Waals surface area contributed by atoms with Crippen LogP contribution in [0.4, 0.5) is 0 Å². The summed E-state index contributed by atoms with van der Waals surface area (Å²) >= 11 is 5.10. The molecule has 0 aliphatic heterocycles. The molecular formula is C12H15NO4S3. The number of carboxylic acid groups (broad SMARTS) is 1. The molecular weight excluding hydrogens is 318 g/mol. The van der Waals surface area contributed by atoms with E-state index in [1.807, 2.05) is 13.8 Å². The van der Waals surface area contributed by atoms with Gasteiger partial charge in [0.2, 0.25) is 8.87 Å². The Labute approximate surface area is 127 Å². The van der Waals surface area contributed by atoms with Gasteiger partial charge in [0.05, 0.1) is 10.5 Å². The van der Waals surface area contributed by atoms with Crippen molar-refractivity contribution in [3.05, 3.63) is 29.8 Å². The van der Waals surface area contributed by atoms with Crippen LogP contribution < -0.4 is 0 Å². The van der Waals surface area contributed by atoms with E-state index in [2.05, 4.69) is 0 Å². The van der Waals surface area contributed by atoms with E-state index < -0.39 is 14.8 Å². The first kappa shape index (κ1) is 16.9. The lowest BCUT2D eigenvalue weighted by Crippen LogP contribution is -2.27. The van der Waals surface area contributed by atoms with Gasteiger partial charge in [-0.2, -0.15) is 0 Å². The van der Waals surface area contributed by atoms with Crippen molar-refractivity contribution in [1.82, 2.24) is 4.90 Å². The second-order valence-electron chi connectivity index (χ2n) is 3.81. The van der Waals surface area contributed by atoms with Gasteiger partial charge in [-0.05, 0) is 38.1 Å². The monoisotopic (exact) mass is 333 g/mol. The molecule has 0 atom stereocenters. The summed E-state index contributed by atoms with van der Waals surface area (Å²) in [6, 6.07) is 5.07. The first-order valence-electron chi connectivity index (χ1n) is 5.88. The standard InChI is InChI=1S/C12H15NO4S3/c1-3-13(4-2)12(18)19-20(16,17)10-7-5-9(6-8-10)11(14)15/h5-8H,3-4H2,1-2H3,(H,14,15). The number of benzene rings is 1. The minimum atomic E-state index is -3.63. The van der Waals surface area contributed by atoms with Gasteiger partial charge in [0.15, 0.2) is 4.32 Å². The average molecular weight is 333 g/mol. The maximum Gasteiger partial charge on any atom is 0.335 e. The van der Waals surface area contributed by atoms with E-state index >= 15 is 0 Å². The highest BCUT2D eigenvalue weighted by molar-refractivity contribution is 8.79. The third kappa shape index (κ3) is 4.19. The third-order valence-corrected chi connectivity index (χ3v) is 6.60. The van der Waals surface area contributed by atoms with Crippen LogP contribution in [0.1, 0.15) is 24.2 Å². The smallest absolute Gasteiger partial charge is 0.335 e. The second kappa shape index (κ2) is 7.05. The summed E-state index contributed by atoms with van der Waals surface area (Å²) in [5, 5.41) is 8.78. The van der Waals surface area contributed by atoms with Gasteiger partial charge in [0.1, 0.15) is 0 Å². The van der Waals surface area contributed by atoms with Gasteiger partial charge in [-0.1, -0.05) is 12.2 Å². The fourth-order valence-electron chi connectivity index (χ4n) is 1.44. The van der Waals surface area contributed by atoms with E-state index in [0.717, 1.165) is 0 Å². The molecule has 0 fully saturated rings. The number of rotatable bonds is 5. The Morgan fingerprint density at radius 2 is 1.75 bits per heavy atom. The number of hydrogen-bond acceptors (Lipinski definition) is 5. The maximum absolute atomic E-state index is 12.2. The summed E-state index contributed by atoms with van der Waals surface area (Å²) in [7, 11) is -3.02. The molecule has 0 spiro atoms. The van der Waals surface area contributed by atoms with E-state index in [1.54, 1.807) is 4.90 Å². The Bertz CT molecular complexity index is 592. The van der Waals surface area contributed by atoms with Crippen molar-refractivity contribution in [3.8, 4) is 0 Å². The average Bonchev–Trinajstić information content (AvgIpc) is 2.39. The Hall–Kier alpha value is -1.12. The first-order valence-corrected chi connectivity index (χ1v) is 9.11. The van der Waals surface area contributed by atoms with Gasteiger partial charge in [-0.3, -0.25) is 0 Å². The van der Waals surface area contributed by atoms with Crippen LogP contribution in [-0.2, 0) is 8.87 Å². The van der Waals surface area contributed by atoms with Crippen molar-refractivity contribution in [2.75, 3.05) is 13.1 Å². The zero-order valence-electron chi connectivity index (χ0n) is 11.1. The molecule has 1 rings (SSSR count). The van der Waals surface area contributed by atoms with E-state index in [0.29, 0.717) is 23.9 Å². The highest BCUT2D eigenvalue weighted by Crippen LogP contribution is 2.26. The predicted octanol–water partition coefficient (Wildman–Crippen LogP) is 2.43. The van der Waals surface area contributed by atoms with Crippen molar-refractivity contribution >= 4 is 42.2 Å². The molecule has 0 aromatic heterocycles. The molecule has 0 amide bonds. The van der Waals surface area contributed by atoms with Crippen LogP contribution in [-0.4, -0.2) is 41.8 Å². The van der Waals surface area contributed by atoms with E-state index in [4.69, 9.17) is 17.3 Å². The van der Waals surface area contributed by atoms with Crippen molar-refractivity contribution < 1.29 is 18.3 Å². The summed E-state index contributed by atoms with van der Waals surface area (Å²) in [5.41, 5.74) is 0.0419. The molecule has 0 bridgehead atoms. The lowest BCUT2D eigenvalue weighted by molar-refractivity contribution is 0.0697. The SMILES string of the molecule is CCN(CC)C(=S)SS(=O)(=O)c1ccc(C(=O)O)cc1. The Balaban J connectivity index is 2.94. The molecule has 0 aliphatic carbocycles. The molecule has 8 heteroatoms. The Morgan fingerprint density at radius 1 is 1.25 bits per heavy atom. The van der Waals surface area contributed by atoms with Crippen molar-refractivity contribution in [1.29, 1.82) is 0 Å². The molecule has 5 nitrogen and oxygen atoms in total. The topological polar surface area (TPSA) is 74.7 Å². The van der Waals surface area contributed by atoms with E-state index in [1.165, 1.54) is 24.3 Å². The molecule has 0 unspecified atom stereocenters. The molecule has 1 N–H and O–H groups in total. The molecule has 20 heavy (non-hydrogen) atoms. The number of carbonyl (C=O) groups is 1. The highest BCUT2D eigenvalue weighted by atomic mass is 33.1. The summed E-state index contributed by atoms with van der Waals surface area (Å²) < 4.78 is 24.6. The summed E-state index contributed by atoms with van der Waals surface area (Å²) in [5.74, 6) is -1.10. The largest absolute Gasteiger partial charge is 0.478 e. The molecule has 1 aromatic rings. The predicted molar refractivity (Wildman–Crippen MR) is 83.7 cm³/mol. The molecule has 0 saturated heterocycles. The fraction of sp³-hybridized carbons (Fsp3) is 0.333. The lowest BCUT2D eigenvalue weighted by Gasteiger charge is -2.20. The van der Waals surface area contributed by atoms with Crippen LogP contribution in [0.15, 0.2) is 29.2 Å². The summed E-state index contributed by atoms with van der Waals surface area (Å²) in [6.07, 6.45) is 0. The molecule has 0 aliphatic rings. The van der Waals surface area contributed by atoms with Crippen molar-refractivity contribution in [2.45, 2.75) is 18.7 Å². The van der Waals surface area contributed by atoms with Crippen molar-refractivity contribution in [2.24, 2.45) is 0 Å². The van der Waals surface area contributed by atoms with Gasteiger partial charge < -0.3 is 10.0 Å². The highest BCUT2D eigenvalue weighted by Gasteiger charge is 2.21. The van der Waals surface area contributed by atoms with Gasteiger partial charge in [0.25, 0.3) is 0 Å². The normalized spacial score (nSPS) is 11.1. The van der Waals surface area contributed by atoms with Crippen molar-refractivity contribution in [3.63, 3.8) is 0 Å². The van der Waals surface area contributed by atoms with Crippen LogP contribution in [0, 0.1) is 0 Å². The maximum atomic E-state index is 12.2. The Morgan fingerprint density at radius 3 is 2.15 bits per heavy atom. The first-order chi connectivity index (χ1) is 9.31. The second-order valence-corrected chi connectivity index (χ2v) is 8.20. The van der Waals surface area contributed by atoms with Gasteiger partial charge >= 0.3 is 5.97 Å². The fourth-order valence-corrected chi connectivity index (χ4v) is 5.12. The Kier molecular flexibility index (Phi) is 5.97. The van der Waals surface area contributed by atoms with Crippen LogP contribution in [0.2, 0.25) is 0 Å². The lowest BCUT2D eigenvalue weighted by atomic mass is 10.2. The molecule has 1 aromatic carbocycles. The zero-order valence-corrected chi connectivity index (χ0v) is 13.5. The van der Waals surface area contributed by atoms with Crippen LogP contribution >= 0.6 is 23.0 Å². The molecule has 0 radical (unpaired) electrons. The van der Waals surface area contributed by atoms with Crippen LogP contribution in [0.3, 0.4) is 0 Å². The number of nitrogens with zero attached hydrogens (tertiary/aromatic N) is 1. The quantitative estimate of drug-likeness (QED) is 0.655. The summed E-state index contributed by atoms with van der Waals surface area (Å²) in [6.45, 7) is 5.06. The van der Waals surface area contributed by atoms with Crippen LogP contribution in [0.25, 0.3) is 0 Å². The zero-order chi connectivity index (χ0) is 15.3. The minimum Gasteiger partial charge on any atom is -0.478 e. The summed E-state index contributed by atoms with van der Waals surface area (Å²) in [4.78, 5) is 12.5. The number of thiocarbonyl (C=S) groups is 1. The molecule has 110 valence electrons. The van der Waals surface area contributed by atoms with Gasteiger partial charge in [-0.25, -0.2) is 13.2 Å². The molecule has 0 saturated carbocycles. The van der Waals surface area contributed by atoms with E-state index in [-0.39, 0.29) is 14.8 Å². The van der Waals surface area contributed by atoms with Gasteiger partial charge in [-0.15, -0.1) is 0 Å². The minimum absolute atomic E-state index is 0.0419.